The molecule has 0 aliphatic carbocycles. The highest BCUT2D eigenvalue weighted by molar-refractivity contribution is 6.02. The summed E-state index contributed by atoms with van der Waals surface area (Å²) in [7, 11) is 0. The largest absolute Gasteiger partial charge is 0.550 e. The molecule has 23 heavy (non-hydrogen) atoms. The monoisotopic (exact) mass is 312 g/mol. The molecule has 120 valence electrons. The van der Waals surface area contributed by atoms with Crippen LogP contribution in [0, 0.1) is 11.8 Å². The van der Waals surface area contributed by atoms with Gasteiger partial charge in [-0.05, 0) is 23.6 Å². The summed E-state index contributed by atoms with van der Waals surface area (Å²) in [6.07, 6.45) is 3.05. The lowest BCUT2D eigenvalue weighted by Crippen LogP contribution is -2.45. The van der Waals surface area contributed by atoms with Crippen LogP contribution in [0.3, 0.4) is 0 Å². The van der Waals surface area contributed by atoms with Gasteiger partial charge in [-0.15, -0.1) is 0 Å². The zero-order valence-corrected chi connectivity index (χ0v) is 13.1. The van der Waals surface area contributed by atoms with Crippen molar-refractivity contribution in [2.24, 2.45) is 11.8 Å². The molecular weight excluding hydrogens is 294 g/mol. The number of rotatable bonds is 3. The van der Waals surface area contributed by atoms with Crippen molar-refractivity contribution in [1.82, 2.24) is 0 Å². The molecule has 2 bridgehead atoms. The molecule has 0 radical (unpaired) electrons. The third kappa shape index (κ3) is 1.89. The van der Waals surface area contributed by atoms with Crippen LogP contribution in [0.25, 0.3) is 0 Å². The van der Waals surface area contributed by atoms with Gasteiger partial charge in [0.1, 0.15) is 5.60 Å². The highest BCUT2D eigenvalue weighted by Crippen LogP contribution is 2.52. The van der Waals surface area contributed by atoms with E-state index in [2.05, 4.69) is 13.8 Å². The fraction of sp³-hybridized carbons (Fsp3) is 0.444. The molecule has 3 aliphatic rings. The quantitative estimate of drug-likeness (QED) is 0.776. The molecule has 0 N–H and O–H groups in total. The fourth-order valence-electron chi connectivity index (χ4n) is 4.03. The highest BCUT2D eigenvalue weighted by atomic mass is 16.5. The average molecular weight is 312 g/mol. The van der Waals surface area contributed by atoms with E-state index < -0.39 is 29.5 Å². The van der Waals surface area contributed by atoms with Crippen molar-refractivity contribution in [3.63, 3.8) is 0 Å². The van der Waals surface area contributed by atoms with Crippen LogP contribution < -0.4 is 10.0 Å². The number of fused-ring (bicyclic) bond motifs is 1. The van der Waals surface area contributed by atoms with Crippen molar-refractivity contribution in [2.75, 3.05) is 11.4 Å². The molecule has 0 saturated carbocycles. The summed E-state index contributed by atoms with van der Waals surface area (Å²) in [4.78, 5) is 25.9. The molecule has 5 heteroatoms. The number of benzene rings is 1. The lowest BCUT2D eigenvalue weighted by molar-refractivity contribution is -0.313. The maximum absolute atomic E-state index is 12.8. The number of carboxylic acid groups (broad SMARTS) is 1. The summed E-state index contributed by atoms with van der Waals surface area (Å²) >= 11 is 0. The van der Waals surface area contributed by atoms with E-state index in [-0.39, 0.29) is 5.91 Å². The van der Waals surface area contributed by atoms with Crippen LogP contribution in [0.5, 0.6) is 0 Å². The van der Waals surface area contributed by atoms with E-state index in [4.69, 9.17) is 4.74 Å². The predicted molar refractivity (Wildman–Crippen MR) is 81.6 cm³/mol. The van der Waals surface area contributed by atoms with Crippen molar-refractivity contribution in [3.05, 3.63) is 42.0 Å². The maximum atomic E-state index is 12.8. The molecule has 0 unspecified atom stereocenters. The fourth-order valence-corrected chi connectivity index (χ4v) is 4.03. The topological polar surface area (TPSA) is 69.7 Å². The summed E-state index contributed by atoms with van der Waals surface area (Å²) in [6.45, 7) is 4.58. The van der Waals surface area contributed by atoms with Gasteiger partial charge in [0.2, 0.25) is 5.91 Å². The zero-order valence-electron chi connectivity index (χ0n) is 13.1. The molecule has 0 aromatic heterocycles. The third-order valence-corrected chi connectivity index (χ3v) is 5.24. The Balaban J connectivity index is 1.67. The summed E-state index contributed by atoms with van der Waals surface area (Å²) in [5, 5.41) is 11.4. The van der Waals surface area contributed by atoms with Gasteiger partial charge in [-0.2, -0.15) is 0 Å². The molecule has 3 heterocycles. The number of ether oxygens (including phenoxy) is 1. The SMILES string of the molecule is CC(C)c1ccc(N2C[C@]34C=C[C@@H](O3)[C@H](C(=O)[O-])[C@@H]4C2=O)cc1. The Bertz CT molecular complexity index is 708. The van der Waals surface area contributed by atoms with Crippen LogP contribution in [0.2, 0.25) is 0 Å². The lowest BCUT2D eigenvalue weighted by atomic mass is 9.77. The smallest absolute Gasteiger partial charge is 0.234 e. The van der Waals surface area contributed by atoms with E-state index in [1.54, 1.807) is 11.0 Å². The van der Waals surface area contributed by atoms with E-state index in [0.29, 0.717) is 12.5 Å². The number of aliphatic carboxylic acids is 1. The molecule has 2 saturated heterocycles. The summed E-state index contributed by atoms with van der Waals surface area (Å²) in [5.41, 5.74) is 1.16. The minimum Gasteiger partial charge on any atom is -0.550 e. The molecule has 2 fully saturated rings. The van der Waals surface area contributed by atoms with E-state index in [1.807, 2.05) is 30.3 Å². The van der Waals surface area contributed by atoms with Crippen molar-refractivity contribution >= 4 is 17.6 Å². The second kappa shape index (κ2) is 4.68. The predicted octanol–water partition coefficient (Wildman–Crippen LogP) is 0.846. The first-order valence-electron chi connectivity index (χ1n) is 7.92. The van der Waals surface area contributed by atoms with Gasteiger partial charge in [-0.25, -0.2) is 0 Å². The van der Waals surface area contributed by atoms with Gasteiger partial charge < -0.3 is 19.5 Å². The summed E-state index contributed by atoms with van der Waals surface area (Å²) < 4.78 is 5.85. The first kappa shape index (κ1) is 14.5. The Labute approximate surface area is 134 Å². The van der Waals surface area contributed by atoms with E-state index >= 15 is 0 Å². The van der Waals surface area contributed by atoms with Gasteiger partial charge >= 0.3 is 0 Å². The Morgan fingerprint density at radius 1 is 1.35 bits per heavy atom. The molecule has 1 aromatic carbocycles. The van der Waals surface area contributed by atoms with Crippen molar-refractivity contribution in [3.8, 4) is 0 Å². The molecule has 1 aromatic rings. The number of anilines is 1. The summed E-state index contributed by atoms with van der Waals surface area (Å²) in [5.74, 6) is -2.57. The number of amides is 1. The summed E-state index contributed by atoms with van der Waals surface area (Å²) in [6, 6.07) is 7.83. The van der Waals surface area contributed by atoms with Crippen LogP contribution in [0.4, 0.5) is 5.69 Å². The van der Waals surface area contributed by atoms with Gasteiger partial charge in [0, 0.05) is 17.6 Å². The van der Waals surface area contributed by atoms with Gasteiger partial charge in [0.25, 0.3) is 0 Å². The van der Waals surface area contributed by atoms with Gasteiger partial charge in [-0.1, -0.05) is 38.1 Å². The highest BCUT2D eigenvalue weighted by Gasteiger charge is 2.65. The van der Waals surface area contributed by atoms with Crippen LogP contribution in [-0.2, 0) is 14.3 Å². The molecule has 4 rings (SSSR count). The van der Waals surface area contributed by atoms with Crippen molar-refractivity contribution in [2.45, 2.75) is 31.5 Å². The second-order valence-electron chi connectivity index (χ2n) is 6.89. The molecule has 1 spiro atoms. The van der Waals surface area contributed by atoms with Crippen LogP contribution >= 0.6 is 0 Å². The third-order valence-electron chi connectivity index (χ3n) is 5.24. The molecule has 3 aliphatic heterocycles. The number of carboxylic acids is 1. The normalized spacial score (nSPS) is 34.5. The van der Waals surface area contributed by atoms with Crippen molar-refractivity contribution < 1.29 is 19.4 Å². The number of carbonyl (C=O) groups excluding carboxylic acids is 2. The molecule has 5 nitrogen and oxygen atoms in total. The van der Waals surface area contributed by atoms with Crippen LogP contribution in [-0.4, -0.2) is 30.1 Å². The van der Waals surface area contributed by atoms with E-state index in [9.17, 15) is 14.7 Å². The molecule has 4 atom stereocenters. The Morgan fingerprint density at radius 2 is 2.04 bits per heavy atom. The average Bonchev–Trinajstić information content (AvgIpc) is 3.15. The minimum atomic E-state index is -1.21. The van der Waals surface area contributed by atoms with Gasteiger partial charge in [-0.3, -0.25) is 4.79 Å². The van der Waals surface area contributed by atoms with Crippen molar-refractivity contribution in [1.29, 1.82) is 0 Å². The minimum absolute atomic E-state index is 0.191. The maximum Gasteiger partial charge on any atom is 0.234 e. The van der Waals surface area contributed by atoms with Crippen LogP contribution in [0.15, 0.2) is 36.4 Å². The Hall–Kier alpha value is -2.14. The van der Waals surface area contributed by atoms with Gasteiger partial charge in [0.05, 0.1) is 18.6 Å². The van der Waals surface area contributed by atoms with Gasteiger partial charge in [0.15, 0.2) is 0 Å². The standard InChI is InChI=1S/C18H19NO4/c1-10(2)11-3-5-12(6-4-11)19-9-18-8-7-13(23-18)14(17(21)22)15(18)16(19)20/h3-8,10,13-15H,9H2,1-2H3,(H,21,22)/p-1/t13-,14+,15-,18+/m1/s1. The first-order chi connectivity index (χ1) is 10.9. The van der Waals surface area contributed by atoms with E-state index in [1.165, 1.54) is 5.56 Å². The zero-order chi connectivity index (χ0) is 16.4. The second-order valence-corrected chi connectivity index (χ2v) is 6.89. The first-order valence-corrected chi connectivity index (χ1v) is 7.92. The number of hydrogen-bond donors (Lipinski definition) is 0. The lowest BCUT2D eigenvalue weighted by Gasteiger charge is -2.24. The number of nitrogens with zero attached hydrogens (tertiary/aromatic N) is 1. The Morgan fingerprint density at radius 3 is 2.65 bits per heavy atom. The van der Waals surface area contributed by atoms with E-state index in [0.717, 1.165) is 5.69 Å². The Kier molecular flexibility index (Phi) is 2.94. The number of hydrogen-bond acceptors (Lipinski definition) is 4. The van der Waals surface area contributed by atoms with Crippen LogP contribution in [0.1, 0.15) is 25.3 Å². The molecular formula is C18H18NO4-. The molecule has 1 amide bonds. The number of carbonyl (C=O) groups is 2.